The fraction of sp³-hybridized carbons (Fsp3) is 0.500. The van der Waals surface area contributed by atoms with E-state index in [1.165, 1.54) is 0 Å². The third kappa shape index (κ3) is 8.05. The van der Waals surface area contributed by atoms with Gasteiger partial charge >= 0.3 is 0 Å². The Morgan fingerprint density at radius 3 is 2.50 bits per heavy atom. The van der Waals surface area contributed by atoms with Crippen molar-refractivity contribution in [3.05, 3.63) is 30.3 Å². The van der Waals surface area contributed by atoms with E-state index in [0.29, 0.717) is 19.7 Å². The molecule has 2 N–H and O–H groups in total. The van der Waals surface area contributed by atoms with Crippen molar-refractivity contribution in [2.24, 2.45) is 0 Å². The molecule has 0 amide bonds. The van der Waals surface area contributed by atoms with Gasteiger partial charge in [0, 0.05) is 13.1 Å². The highest BCUT2D eigenvalue weighted by molar-refractivity contribution is 7.88. The summed E-state index contributed by atoms with van der Waals surface area (Å²) in [5.74, 6) is 0.872. The summed E-state index contributed by atoms with van der Waals surface area (Å²) in [5.41, 5.74) is 0. The number of sulfonamides is 1. The van der Waals surface area contributed by atoms with Crippen LogP contribution in [0.25, 0.3) is 0 Å². The Hall–Kier alpha value is -1.11. The average Bonchev–Trinajstić information content (AvgIpc) is 2.32. The van der Waals surface area contributed by atoms with Crippen LogP contribution in [-0.4, -0.2) is 40.9 Å². The fourth-order valence-electron chi connectivity index (χ4n) is 1.35. The summed E-state index contributed by atoms with van der Waals surface area (Å²) in [6.07, 6.45) is 2.04. The summed E-state index contributed by atoms with van der Waals surface area (Å²) in [6.45, 7) is 2.49. The lowest BCUT2D eigenvalue weighted by molar-refractivity contribution is 0.308. The number of hydrogen-bond donors (Lipinski definition) is 2. The van der Waals surface area contributed by atoms with Crippen LogP contribution < -0.4 is 14.8 Å². The third-order valence-corrected chi connectivity index (χ3v) is 2.90. The molecule has 0 radical (unpaired) electrons. The van der Waals surface area contributed by atoms with E-state index in [1.807, 2.05) is 30.3 Å². The van der Waals surface area contributed by atoms with Crippen molar-refractivity contribution in [2.45, 2.75) is 6.42 Å². The number of para-hydroxylation sites is 1. The van der Waals surface area contributed by atoms with Gasteiger partial charge in [0.2, 0.25) is 10.0 Å². The van der Waals surface area contributed by atoms with Gasteiger partial charge in [0.25, 0.3) is 0 Å². The number of hydrogen-bond acceptors (Lipinski definition) is 4. The molecule has 1 rings (SSSR count). The quantitative estimate of drug-likeness (QED) is 0.646. The zero-order valence-electron chi connectivity index (χ0n) is 10.6. The largest absolute Gasteiger partial charge is 0.494 e. The van der Waals surface area contributed by atoms with Gasteiger partial charge in [0.1, 0.15) is 5.75 Å². The predicted molar refractivity (Wildman–Crippen MR) is 72.3 cm³/mol. The van der Waals surface area contributed by atoms with Crippen LogP contribution in [-0.2, 0) is 10.0 Å². The lowest BCUT2D eigenvalue weighted by atomic mass is 10.3. The Kier molecular flexibility index (Phi) is 6.70. The van der Waals surface area contributed by atoms with Gasteiger partial charge in [-0.25, -0.2) is 13.1 Å². The monoisotopic (exact) mass is 272 g/mol. The minimum atomic E-state index is -3.07. The Bertz CT molecular complexity index is 420. The molecule has 0 heterocycles. The predicted octanol–water partition coefficient (Wildman–Crippen LogP) is 0.594. The molecule has 0 saturated heterocycles. The van der Waals surface area contributed by atoms with E-state index in [4.69, 9.17) is 4.74 Å². The topological polar surface area (TPSA) is 67.4 Å². The highest BCUT2D eigenvalue weighted by atomic mass is 32.2. The van der Waals surface area contributed by atoms with Crippen molar-refractivity contribution in [3.63, 3.8) is 0 Å². The van der Waals surface area contributed by atoms with E-state index < -0.39 is 10.0 Å². The fourth-order valence-corrected chi connectivity index (χ4v) is 1.83. The van der Waals surface area contributed by atoms with Crippen LogP contribution in [0.15, 0.2) is 30.3 Å². The minimum Gasteiger partial charge on any atom is -0.494 e. The first kappa shape index (κ1) is 14.9. The zero-order chi connectivity index (χ0) is 13.3. The summed E-state index contributed by atoms with van der Waals surface area (Å²) in [4.78, 5) is 0. The maximum atomic E-state index is 10.8. The third-order valence-electron chi connectivity index (χ3n) is 2.18. The highest BCUT2D eigenvalue weighted by Crippen LogP contribution is 2.07. The van der Waals surface area contributed by atoms with E-state index in [1.54, 1.807) is 0 Å². The lowest BCUT2D eigenvalue weighted by Gasteiger charge is -2.07. The van der Waals surface area contributed by atoms with Crippen LogP contribution >= 0.6 is 0 Å². The van der Waals surface area contributed by atoms with E-state index in [-0.39, 0.29) is 0 Å². The molecule has 0 atom stereocenters. The second-order valence-electron chi connectivity index (χ2n) is 3.93. The zero-order valence-corrected chi connectivity index (χ0v) is 11.4. The normalized spacial score (nSPS) is 11.4. The van der Waals surface area contributed by atoms with Gasteiger partial charge < -0.3 is 10.1 Å². The first-order valence-electron chi connectivity index (χ1n) is 5.91. The molecule has 0 aliphatic rings. The molecule has 0 spiro atoms. The van der Waals surface area contributed by atoms with Crippen molar-refractivity contribution in [1.29, 1.82) is 0 Å². The van der Waals surface area contributed by atoms with Crippen LogP contribution in [0.3, 0.4) is 0 Å². The van der Waals surface area contributed by atoms with Gasteiger partial charge in [0.05, 0.1) is 12.9 Å². The van der Waals surface area contributed by atoms with Crippen LogP contribution in [0.1, 0.15) is 6.42 Å². The van der Waals surface area contributed by atoms with Crippen molar-refractivity contribution < 1.29 is 13.2 Å². The second-order valence-corrected chi connectivity index (χ2v) is 5.76. The van der Waals surface area contributed by atoms with Gasteiger partial charge in [-0.1, -0.05) is 18.2 Å². The average molecular weight is 272 g/mol. The van der Waals surface area contributed by atoms with Gasteiger partial charge in [-0.3, -0.25) is 0 Å². The molecule has 5 nitrogen and oxygen atoms in total. The highest BCUT2D eigenvalue weighted by Gasteiger charge is 1.98. The molecular weight excluding hydrogens is 252 g/mol. The van der Waals surface area contributed by atoms with E-state index >= 15 is 0 Å². The van der Waals surface area contributed by atoms with Gasteiger partial charge in [-0.15, -0.1) is 0 Å². The maximum Gasteiger partial charge on any atom is 0.208 e. The Morgan fingerprint density at radius 1 is 1.11 bits per heavy atom. The molecule has 0 aromatic heterocycles. The molecule has 0 saturated carbocycles. The van der Waals surface area contributed by atoms with Crippen LogP contribution in [0, 0.1) is 0 Å². The molecule has 6 heteroatoms. The Morgan fingerprint density at radius 2 is 1.83 bits per heavy atom. The molecule has 18 heavy (non-hydrogen) atoms. The van der Waals surface area contributed by atoms with Crippen molar-refractivity contribution >= 4 is 10.0 Å². The van der Waals surface area contributed by atoms with Crippen LogP contribution in [0.5, 0.6) is 5.75 Å². The Balaban J connectivity index is 1.93. The number of rotatable bonds is 9. The molecule has 0 bridgehead atoms. The van der Waals surface area contributed by atoms with Gasteiger partial charge in [-0.05, 0) is 25.1 Å². The van der Waals surface area contributed by atoms with Crippen molar-refractivity contribution in [1.82, 2.24) is 10.0 Å². The molecule has 0 unspecified atom stereocenters. The molecular formula is C12H20N2O3S. The lowest BCUT2D eigenvalue weighted by Crippen LogP contribution is -2.31. The summed E-state index contributed by atoms with van der Waals surface area (Å²) < 4.78 is 29.5. The SMILES string of the molecule is CS(=O)(=O)NCCNCCCOc1ccccc1. The standard InChI is InChI=1S/C12H20N2O3S/c1-18(15,16)14-10-9-13-8-5-11-17-12-6-3-2-4-7-12/h2-4,6-7,13-14H,5,8-11H2,1H3. The summed E-state index contributed by atoms with van der Waals surface area (Å²) >= 11 is 0. The molecule has 1 aromatic carbocycles. The molecule has 1 aromatic rings. The van der Waals surface area contributed by atoms with Crippen LogP contribution in [0.2, 0.25) is 0 Å². The van der Waals surface area contributed by atoms with Crippen LogP contribution in [0.4, 0.5) is 0 Å². The minimum absolute atomic E-state index is 0.415. The second kappa shape index (κ2) is 8.07. The first-order chi connectivity index (χ1) is 8.58. The first-order valence-corrected chi connectivity index (χ1v) is 7.80. The summed E-state index contributed by atoms with van der Waals surface area (Å²) in [6, 6.07) is 9.66. The van der Waals surface area contributed by atoms with E-state index in [2.05, 4.69) is 10.0 Å². The van der Waals surface area contributed by atoms with Crippen molar-refractivity contribution in [2.75, 3.05) is 32.5 Å². The molecule has 0 aliphatic carbocycles. The summed E-state index contributed by atoms with van der Waals surface area (Å²) in [7, 11) is -3.07. The summed E-state index contributed by atoms with van der Waals surface area (Å²) in [5, 5.41) is 3.14. The maximum absolute atomic E-state index is 10.8. The van der Waals surface area contributed by atoms with E-state index in [0.717, 1.165) is 25.0 Å². The van der Waals surface area contributed by atoms with Crippen molar-refractivity contribution in [3.8, 4) is 5.75 Å². The number of nitrogens with one attached hydrogen (secondary N) is 2. The molecule has 102 valence electrons. The Labute approximate surface area is 109 Å². The smallest absolute Gasteiger partial charge is 0.208 e. The van der Waals surface area contributed by atoms with E-state index in [9.17, 15) is 8.42 Å². The number of benzene rings is 1. The molecule has 0 fully saturated rings. The molecule has 0 aliphatic heterocycles. The number of ether oxygens (including phenoxy) is 1. The van der Waals surface area contributed by atoms with Gasteiger partial charge in [-0.2, -0.15) is 0 Å². The van der Waals surface area contributed by atoms with Gasteiger partial charge in [0.15, 0.2) is 0 Å².